The van der Waals surface area contributed by atoms with Crippen LogP contribution in [0.1, 0.15) is 15.9 Å². The summed E-state index contributed by atoms with van der Waals surface area (Å²) in [4.78, 5) is 18.0. The molecular formula is C15H13FN4O2S. The van der Waals surface area contributed by atoms with Gasteiger partial charge in [0.2, 0.25) is 0 Å². The van der Waals surface area contributed by atoms with Gasteiger partial charge in [-0.2, -0.15) is 5.10 Å². The molecule has 0 aliphatic rings. The smallest absolute Gasteiger partial charge is 0.341 e. The molecule has 23 heavy (non-hydrogen) atoms. The zero-order valence-corrected chi connectivity index (χ0v) is 13.0. The van der Waals surface area contributed by atoms with Gasteiger partial charge in [0.1, 0.15) is 17.2 Å². The van der Waals surface area contributed by atoms with Crippen molar-refractivity contribution < 1.29 is 14.3 Å². The van der Waals surface area contributed by atoms with Crippen molar-refractivity contribution in [3.8, 4) is 0 Å². The van der Waals surface area contributed by atoms with E-state index >= 15 is 0 Å². The second kappa shape index (κ2) is 5.88. The Morgan fingerprint density at radius 1 is 1.43 bits per heavy atom. The van der Waals surface area contributed by atoms with Crippen LogP contribution < -0.4 is 4.90 Å². The summed E-state index contributed by atoms with van der Waals surface area (Å²) in [5.41, 5.74) is 0.998. The summed E-state index contributed by atoms with van der Waals surface area (Å²) in [6.07, 6.45) is 2.89. The molecule has 0 spiro atoms. The lowest BCUT2D eigenvalue weighted by molar-refractivity contribution is 0.0699. The molecule has 0 radical (unpaired) electrons. The van der Waals surface area contributed by atoms with E-state index in [4.69, 9.17) is 5.11 Å². The molecule has 3 aromatic rings. The number of anilines is 1. The summed E-state index contributed by atoms with van der Waals surface area (Å²) in [5.74, 6) is -0.869. The summed E-state index contributed by atoms with van der Waals surface area (Å²) in [6.45, 7) is 0.385. The molecule has 0 saturated carbocycles. The van der Waals surface area contributed by atoms with E-state index in [1.807, 2.05) is 0 Å². The van der Waals surface area contributed by atoms with Crippen molar-refractivity contribution in [1.29, 1.82) is 0 Å². The molecule has 1 N–H and O–H groups in total. The average molecular weight is 332 g/mol. The van der Waals surface area contributed by atoms with Crippen molar-refractivity contribution >= 4 is 30.1 Å². The van der Waals surface area contributed by atoms with Gasteiger partial charge < -0.3 is 10.0 Å². The van der Waals surface area contributed by atoms with Gasteiger partial charge in [-0.25, -0.2) is 18.7 Å². The number of aromatic carboxylic acids is 1. The molecule has 1 aromatic carbocycles. The van der Waals surface area contributed by atoms with Gasteiger partial charge in [-0.1, -0.05) is 0 Å². The number of halogens is 1. The molecule has 8 heteroatoms. The quantitative estimate of drug-likeness (QED) is 0.718. The van der Waals surface area contributed by atoms with Gasteiger partial charge in [0.05, 0.1) is 6.20 Å². The first-order chi connectivity index (χ1) is 11.0. The van der Waals surface area contributed by atoms with Crippen molar-refractivity contribution in [2.75, 3.05) is 11.9 Å². The zero-order chi connectivity index (χ0) is 16.6. The molecular weight excluding hydrogens is 319 g/mol. The van der Waals surface area contributed by atoms with Gasteiger partial charge in [0.25, 0.3) is 0 Å². The van der Waals surface area contributed by atoms with Gasteiger partial charge in [-0.3, -0.25) is 0 Å². The summed E-state index contributed by atoms with van der Waals surface area (Å²) >= 11 is 4.32. The number of aromatic nitrogens is 3. The van der Waals surface area contributed by atoms with E-state index in [1.165, 1.54) is 22.8 Å². The van der Waals surface area contributed by atoms with E-state index in [0.29, 0.717) is 22.8 Å². The minimum absolute atomic E-state index is 0.0286. The minimum atomic E-state index is -1.09. The molecule has 0 aliphatic carbocycles. The first kappa shape index (κ1) is 15.3. The number of thiol groups is 1. The third-order valence-corrected chi connectivity index (χ3v) is 3.86. The molecule has 0 saturated heterocycles. The molecule has 2 aromatic heterocycles. The van der Waals surface area contributed by atoms with Crippen molar-refractivity contribution in [3.05, 3.63) is 53.6 Å². The standard InChI is InChI=1S/C15H13FN4O2S/c1-19(8-9-6-10(16)2-3-12(9)23)13-4-5-20-14(18-13)11(7-17-20)15(21)22/h2-7,23H,8H2,1H3,(H,21,22). The first-order valence-electron chi connectivity index (χ1n) is 6.72. The maximum atomic E-state index is 13.4. The molecule has 0 bridgehead atoms. The van der Waals surface area contributed by atoms with Crippen LogP contribution in [0.5, 0.6) is 0 Å². The first-order valence-corrected chi connectivity index (χ1v) is 7.16. The normalized spacial score (nSPS) is 10.9. The highest BCUT2D eigenvalue weighted by Gasteiger charge is 2.14. The third-order valence-electron chi connectivity index (χ3n) is 3.42. The van der Waals surface area contributed by atoms with E-state index in [9.17, 15) is 9.18 Å². The van der Waals surface area contributed by atoms with Crippen LogP contribution in [0.2, 0.25) is 0 Å². The van der Waals surface area contributed by atoms with Crippen molar-refractivity contribution in [3.63, 3.8) is 0 Å². The van der Waals surface area contributed by atoms with Crippen LogP contribution in [0.4, 0.5) is 10.2 Å². The predicted octanol–water partition coefficient (Wildman–Crippen LogP) is 2.49. The van der Waals surface area contributed by atoms with E-state index in [-0.39, 0.29) is 17.0 Å². The Bertz CT molecular complexity index is 896. The van der Waals surface area contributed by atoms with Crippen LogP contribution in [-0.4, -0.2) is 32.7 Å². The van der Waals surface area contributed by atoms with Crippen LogP contribution in [0.15, 0.2) is 41.6 Å². The highest BCUT2D eigenvalue weighted by atomic mass is 32.1. The lowest BCUT2D eigenvalue weighted by Gasteiger charge is -2.19. The van der Waals surface area contributed by atoms with Crippen LogP contribution in [0.25, 0.3) is 5.65 Å². The Labute approximate surface area is 136 Å². The van der Waals surface area contributed by atoms with Gasteiger partial charge >= 0.3 is 5.97 Å². The Morgan fingerprint density at radius 3 is 2.96 bits per heavy atom. The number of rotatable bonds is 4. The fourth-order valence-electron chi connectivity index (χ4n) is 2.24. The number of hydrogen-bond donors (Lipinski definition) is 2. The highest BCUT2D eigenvalue weighted by molar-refractivity contribution is 7.80. The molecule has 0 aliphatic heterocycles. The number of nitrogens with zero attached hydrogens (tertiary/aromatic N) is 4. The van der Waals surface area contributed by atoms with Crippen molar-refractivity contribution in [1.82, 2.24) is 14.6 Å². The maximum absolute atomic E-state index is 13.4. The second-order valence-corrected chi connectivity index (χ2v) is 5.53. The molecule has 0 unspecified atom stereocenters. The Balaban J connectivity index is 1.94. The number of carboxylic acids is 1. The lowest BCUT2D eigenvalue weighted by atomic mass is 10.2. The average Bonchev–Trinajstić information content (AvgIpc) is 2.94. The van der Waals surface area contributed by atoms with E-state index in [0.717, 1.165) is 0 Å². The zero-order valence-electron chi connectivity index (χ0n) is 12.1. The summed E-state index contributed by atoms with van der Waals surface area (Å²) in [6, 6.07) is 6.07. The summed E-state index contributed by atoms with van der Waals surface area (Å²) in [5, 5.41) is 13.1. The molecule has 6 nitrogen and oxygen atoms in total. The van der Waals surface area contributed by atoms with Crippen LogP contribution in [0, 0.1) is 5.82 Å². The fourth-order valence-corrected chi connectivity index (χ4v) is 2.45. The number of benzene rings is 1. The summed E-state index contributed by atoms with van der Waals surface area (Å²) < 4.78 is 14.8. The van der Waals surface area contributed by atoms with Crippen LogP contribution >= 0.6 is 12.6 Å². The third kappa shape index (κ3) is 2.98. The molecule has 0 atom stereocenters. The summed E-state index contributed by atoms with van der Waals surface area (Å²) in [7, 11) is 1.79. The number of fused-ring (bicyclic) bond motifs is 1. The Kier molecular flexibility index (Phi) is 3.91. The van der Waals surface area contributed by atoms with Gasteiger partial charge in [0.15, 0.2) is 5.65 Å². The fraction of sp³-hybridized carbons (Fsp3) is 0.133. The Hall–Kier alpha value is -2.61. The second-order valence-electron chi connectivity index (χ2n) is 5.05. The van der Waals surface area contributed by atoms with Crippen molar-refractivity contribution in [2.24, 2.45) is 0 Å². The van der Waals surface area contributed by atoms with E-state index in [2.05, 4.69) is 22.7 Å². The van der Waals surface area contributed by atoms with E-state index in [1.54, 1.807) is 30.3 Å². The van der Waals surface area contributed by atoms with Crippen LogP contribution in [0.3, 0.4) is 0 Å². The molecule has 0 fully saturated rings. The van der Waals surface area contributed by atoms with Gasteiger partial charge in [-0.15, -0.1) is 12.6 Å². The molecule has 2 heterocycles. The maximum Gasteiger partial charge on any atom is 0.341 e. The van der Waals surface area contributed by atoms with Crippen LogP contribution in [-0.2, 0) is 6.54 Å². The molecule has 118 valence electrons. The largest absolute Gasteiger partial charge is 0.477 e. The number of hydrogen-bond acceptors (Lipinski definition) is 5. The monoisotopic (exact) mass is 332 g/mol. The predicted molar refractivity (Wildman–Crippen MR) is 85.7 cm³/mol. The Morgan fingerprint density at radius 2 is 2.22 bits per heavy atom. The van der Waals surface area contributed by atoms with Gasteiger partial charge in [0, 0.05) is 24.7 Å². The SMILES string of the molecule is CN(Cc1cc(F)ccc1S)c1ccn2ncc(C(=O)O)c2n1. The highest BCUT2D eigenvalue weighted by Crippen LogP contribution is 2.20. The topological polar surface area (TPSA) is 70.7 Å². The molecule has 0 amide bonds. The van der Waals surface area contributed by atoms with E-state index < -0.39 is 5.97 Å². The number of carbonyl (C=O) groups is 1. The molecule has 3 rings (SSSR count). The lowest BCUT2D eigenvalue weighted by Crippen LogP contribution is -2.18. The van der Waals surface area contributed by atoms with Crippen molar-refractivity contribution in [2.45, 2.75) is 11.4 Å². The van der Waals surface area contributed by atoms with Gasteiger partial charge in [-0.05, 0) is 29.8 Å². The minimum Gasteiger partial charge on any atom is -0.477 e. The number of carboxylic acid groups (broad SMARTS) is 1.